The lowest BCUT2D eigenvalue weighted by molar-refractivity contribution is 0.0687. The second kappa shape index (κ2) is 5.83. The monoisotopic (exact) mass is 330 g/mol. The van der Waals surface area contributed by atoms with E-state index in [1.807, 2.05) is 60.7 Å². The van der Waals surface area contributed by atoms with Crippen LogP contribution in [0.3, 0.4) is 0 Å². The van der Waals surface area contributed by atoms with Crippen molar-refractivity contribution in [1.82, 2.24) is 19.8 Å². The summed E-state index contributed by atoms with van der Waals surface area (Å²) in [4.78, 5) is 11.4. The molecule has 0 radical (unpaired) electrons. The number of aromatic nitrogens is 4. The zero-order valence-corrected chi connectivity index (χ0v) is 13.4. The summed E-state index contributed by atoms with van der Waals surface area (Å²) in [6.45, 7) is 1.68. The predicted molar refractivity (Wildman–Crippen MR) is 93.4 cm³/mol. The summed E-state index contributed by atoms with van der Waals surface area (Å²) in [5.41, 5.74) is 4.33. The maximum Gasteiger partial charge on any atom is 0.358 e. The molecular weight excluding hydrogens is 316 g/mol. The van der Waals surface area contributed by atoms with Crippen LogP contribution >= 0.6 is 0 Å². The molecule has 0 unspecified atom stereocenters. The molecule has 122 valence electrons. The number of aromatic carboxylic acids is 1. The van der Waals surface area contributed by atoms with Crippen LogP contribution in [0, 0.1) is 6.92 Å². The Labute approximate surface area is 143 Å². The largest absolute Gasteiger partial charge is 0.476 e. The molecule has 6 heteroatoms. The van der Waals surface area contributed by atoms with E-state index in [0.29, 0.717) is 11.3 Å². The molecule has 0 spiro atoms. The number of benzene rings is 2. The van der Waals surface area contributed by atoms with Gasteiger partial charge in [-0.1, -0.05) is 60.7 Å². The second-order valence-electron chi connectivity index (χ2n) is 5.63. The molecule has 0 saturated carbocycles. The molecule has 0 saturated heterocycles. The quantitative estimate of drug-likeness (QED) is 0.622. The van der Waals surface area contributed by atoms with Crippen LogP contribution in [-0.4, -0.2) is 30.9 Å². The summed E-state index contributed by atoms with van der Waals surface area (Å²) in [5.74, 6) is -1.12. The van der Waals surface area contributed by atoms with Gasteiger partial charge in [-0.2, -0.15) is 5.10 Å². The highest BCUT2D eigenvalue weighted by Crippen LogP contribution is 2.34. The number of carbonyl (C=O) groups is 1. The summed E-state index contributed by atoms with van der Waals surface area (Å²) in [6, 6.07) is 19.5. The SMILES string of the molecule is Cc1c(C(=O)O)nnc2c(-c3ccccc3)c(-c3ccccc3)nn12. The first-order valence-corrected chi connectivity index (χ1v) is 7.77. The lowest BCUT2D eigenvalue weighted by atomic mass is 10.0. The van der Waals surface area contributed by atoms with Crippen molar-refractivity contribution in [1.29, 1.82) is 0 Å². The van der Waals surface area contributed by atoms with Crippen molar-refractivity contribution in [3.63, 3.8) is 0 Å². The molecule has 25 heavy (non-hydrogen) atoms. The van der Waals surface area contributed by atoms with E-state index in [1.54, 1.807) is 11.4 Å². The first kappa shape index (κ1) is 15.0. The van der Waals surface area contributed by atoms with Gasteiger partial charge in [0.05, 0.1) is 11.3 Å². The lowest BCUT2D eigenvalue weighted by Gasteiger charge is -2.03. The highest BCUT2D eigenvalue weighted by atomic mass is 16.4. The number of aryl methyl sites for hydroxylation is 1. The van der Waals surface area contributed by atoms with Gasteiger partial charge in [0.25, 0.3) is 0 Å². The van der Waals surface area contributed by atoms with E-state index >= 15 is 0 Å². The van der Waals surface area contributed by atoms with Gasteiger partial charge in [-0.05, 0) is 12.5 Å². The van der Waals surface area contributed by atoms with Crippen molar-refractivity contribution in [3.8, 4) is 22.4 Å². The molecule has 2 aromatic carbocycles. The number of hydrogen-bond donors (Lipinski definition) is 1. The minimum Gasteiger partial charge on any atom is -0.476 e. The summed E-state index contributed by atoms with van der Waals surface area (Å²) in [5, 5.41) is 22.0. The second-order valence-corrected chi connectivity index (χ2v) is 5.63. The maximum atomic E-state index is 11.4. The number of rotatable bonds is 3. The Morgan fingerprint density at radius 2 is 1.52 bits per heavy atom. The van der Waals surface area contributed by atoms with Gasteiger partial charge in [0.1, 0.15) is 5.69 Å². The highest BCUT2D eigenvalue weighted by Gasteiger charge is 2.22. The van der Waals surface area contributed by atoms with Gasteiger partial charge >= 0.3 is 5.97 Å². The number of carboxylic acid groups (broad SMARTS) is 1. The molecule has 0 amide bonds. The van der Waals surface area contributed by atoms with Crippen LogP contribution in [0.1, 0.15) is 16.2 Å². The minimum absolute atomic E-state index is 0.103. The van der Waals surface area contributed by atoms with E-state index in [-0.39, 0.29) is 5.69 Å². The minimum atomic E-state index is -1.12. The zero-order chi connectivity index (χ0) is 17.4. The van der Waals surface area contributed by atoms with Crippen molar-refractivity contribution in [2.45, 2.75) is 6.92 Å². The lowest BCUT2D eigenvalue weighted by Crippen LogP contribution is -2.10. The van der Waals surface area contributed by atoms with E-state index in [1.165, 1.54) is 0 Å². The van der Waals surface area contributed by atoms with E-state index in [0.717, 1.165) is 22.4 Å². The Bertz CT molecular complexity index is 1070. The number of nitrogens with zero attached hydrogens (tertiary/aromatic N) is 4. The van der Waals surface area contributed by atoms with Crippen molar-refractivity contribution in [3.05, 3.63) is 72.1 Å². The molecule has 0 aliphatic carbocycles. The van der Waals surface area contributed by atoms with Crippen LogP contribution < -0.4 is 0 Å². The van der Waals surface area contributed by atoms with Gasteiger partial charge in [-0.25, -0.2) is 9.31 Å². The molecule has 0 aliphatic rings. The molecule has 2 aromatic heterocycles. The summed E-state index contributed by atoms with van der Waals surface area (Å²) >= 11 is 0. The predicted octanol–water partition coefficient (Wildman–Crippen LogP) is 3.46. The smallest absolute Gasteiger partial charge is 0.358 e. The first-order valence-electron chi connectivity index (χ1n) is 7.77. The summed E-state index contributed by atoms with van der Waals surface area (Å²) < 4.78 is 1.56. The van der Waals surface area contributed by atoms with Crippen LogP contribution in [0.15, 0.2) is 60.7 Å². The third-order valence-corrected chi connectivity index (χ3v) is 4.08. The molecular formula is C19H14N4O2. The molecule has 0 aliphatic heterocycles. The Kier molecular flexibility index (Phi) is 3.50. The average Bonchev–Trinajstić information content (AvgIpc) is 3.04. The van der Waals surface area contributed by atoms with Crippen LogP contribution in [0.25, 0.3) is 28.0 Å². The number of hydrogen-bond acceptors (Lipinski definition) is 4. The van der Waals surface area contributed by atoms with Crippen molar-refractivity contribution >= 4 is 11.6 Å². The zero-order valence-electron chi connectivity index (χ0n) is 13.4. The maximum absolute atomic E-state index is 11.4. The first-order chi connectivity index (χ1) is 12.2. The standard InChI is InChI=1S/C19H14N4O2/c1-12-16(19(24)25)20-21-18-15(13-8-4-2-5-9-13)17(22-23(12)18)14-10-6-3-7-11-14/h2-11H,1H3,(H,24,25). The van der Waals surface area contributed by atoms with Gasteiger partial charge < -0.3 is 5.11 Å². The van der Waals surface area contributed by atoms with Crippen LogP contribution in [0.4, 0.5) is 0 Å². The molecule has 6 nitrogen and oxygen atoms in total. The van der Waals surface area contributed by atoms with Crippen molar-refractivity contribution in [2.24, 2.45) is 0 Å². The van der Waals surface area contributed by atoms with Crippen molar-refractivity contribution in [2.75, 3.05) is 0 Å². The Balaban J connectivity index is 2.10. The van der Waals surface area contributed by atoms with Gasteiger partial charge in [0, 0.05) is 5.56 Å². The number of carboxylic acids is 1. The van der Waals surface area contributed by atoms with E-state index < -0.39 is 5.97 Å². The Hall–Kier alpha value is -3.54. The number of fused-ring (bicyclic) bond motifs is 1. The normalized spacial score (nSPS) is 10.9. The summed E-state index contributed by atoms with van der Waals surface area (Å²) in [7, 11) is 0. The Morgan fingerprint density at radius 1 is 0.920 bits per heavy atom. The fraction of sp³-hybridized carbons (Fsp3) is 0.0526. The molecule has 0 fully saturated rings. The molecule has 0 atom stereocenters. The van der Waals surface area contributed by atoms with E-state index in [4.69, 9.17) is 0 Å². The molecule has 1 N–H and O–H groups in total. The van der Waals surface area contributed by atoms with Gasteiger partial charge in [-0.3, -0.25) is 0 Å². The van der Waals surface area contributed by atoms with Gasteiger partial charge in [0.15, 0.2) is 11.3 Å². The molecule has 4 rings (SSSR count). The Morgan fingerprint density at radius 3 is 2.12 bits per heavy atom. The van der Waals surface area contributed by atoms with E-state index in [2.05, 4.69) is 15.3 Å². The highest BCUT2D eigenvalue weighted by molar-refractivity contribution is 5.91. The summed E-state index contributed by atoms with van der Waals surface area (Å²) in [6.07, 6.45) is 0. The van der Waals surface area contributed by atoms with Crippen LogP contribution in [0.5, 0.6) is 0 Å². The fourth-order valence-corrected chi connectivity index (χ4v) is 2.87. The average molecular weight is 330 g/mol. The topological polar surface area (TPSA) is 80.4 Å². The molecule has 4 aromatic rings. The van der Waals surface area contributed by atoms with Gasteiger partial charge in [-0.15, -0.1) is 10.2 Å². The van der Waals surface area contributed by atoms with Crippen molar-refractivity contribution < 1.29 is 9.90 Å². The molecule has 0 bridgehead atoms. The fourth-order valence-electron chi connectivity index (χ4n) is 2.87. The molecule has 2 heterocycles. The van der Waals surface area contributed by atoms with Gasteiger partial charge in [0.2, 0.25) is 0 Å². The van der Waals surface area contributed by atoms with E-state index in [9.17, 15) is 9.90 Å². The van der Waals surface area contributed by atoms with Crippen LogP contribution in [-0.2, 0) is 0 Å². The third-order valence-electron chi connectivity index (χ3n) is 4.08. The third kappa shape index (κ3) is 2.44. The van der Waals surface area contributed by atoms with Crippen LogP contribution in [0.2, 0.25) is 0 Å².